The second-order valence-corrected chi connectivity index (χ2v) is 3.47. The number of likely N-dealkylation sites (N-methyl/N-ethyl adjacent to an activating group) is 1. The zero-order chi connectivity index (χ0) is 7.56. The lowest BCUT2D eigenvalue weighted by Gasteiger charge is -2.19. The van der Waals surface area contributed by atoms with Gasteiger partial charge in [0.2, 0.25) is 0 Å². The van der Waals surface area contributed by atoms with Crippen LogP contribution >= 0.6 is 15.9 Å². The summed E-state index contributed by atoms with van der Waals surface area (Å²) in [5.41, 5.74) is 1.30. The van der Waals surface area contributed by atoms with Crippen molar-refractivity contribution < 1.29 is 0 Å². The fourth-order valence-electron chi connectivity index (χ4n) is 1.03. The van der Waals surface area contributed by atoms with Gasteiger partial charge in [0.05, 0.1) is 0 Å². The summed E-state index contributed by atoms with van der Waals surface area (Å²) in [6, 6.07) is 0. The first-order valence-corrected chi connectivity index (χ1v) is 4.24. The summed E-state index contributed by atoms with van der Waals surface area (Å²) in [6.07, 6.45) is 6.81. The zero-order valence-corrected chi connectivity index (χ0v) is 7.98. The van der Waals surface area contributed by atoms with Gasteiger partial charge in [0.25, 0.3) is 0 Å². The molecule has 0 N–H and O–H groups in total. The van der Waals surface area contributed by atoms with Crippen molar-refractivity contribution in [1.29, 1.82) is 0 Å². The maximum absolute atomic E-state index is 3.51. The molecule has 0 spiro atoms. The maximum Gasteiger partial charge on any atom is 0.0461 e. The Kier molecular flexibility index (Phi) is 2.55. The first-order valence-electron chi connectivity index (χ1n) is 3.45. The molecule has 0 aromatic heterocycles. The minimum absolute atomic E-state index is 1.16. The van der Waals surface area contributed by atoms with Crippen molar-refractivity contribution in [2.75, 3.05) is 14.1 Å². The Morgan fingerprint density at radius 2 is 1.90 bits per heavy atom. The van der Waals surface area contributed by atoms with Crippen LogP contribution in [-0.2, 0) is 0 Å². The zero-order valence-electron chi connectivity index (χ0n) is 6.39. The molecule has 1 rings (SSSR count). The van der Waals surface area contributed by atoms with Crippen LogP contribution in [0.2, 0.25) is 0 Å². The van der Waals surface area contributed by atoms with Gasteiger partial charge >= 0.3 is 0 Å². The standard InChI is InChI=1S/C8H12BrN/c1-10(2)8-6-4-3-5-7(8)9/h5-6H,3-4H2,1-2H3. The van der Waals surface area contributed by atoms with Gasteiger partial charge in [0, 0.05) is 24.3 Å². The van der Waals surface area contributed by atoms with Crippen molar-refractivity contribution in [3.8, 4) is 0 Å². The quantitative estimate of drug-likeness (QED) is 0.631. The van der Waals surface area contributed by atoms with E-state index < -0.39 is 0 Å². The van der Waals surface area contributed by atoms with Gasteiger partial charge in [-0.1, -0.05) is 12.2 Å². The topological polar surface area (TPSA) is 3.24 Å². The van der Waals surface area contributed by atoms with Crippen LogP contribution in [0.15, 0.2) is 22.3 Å². The Bertz CT molecular complexity index is 180. The Hall–Kier alpha value is -0.240. The van der Waals surface area contributed by atoms with E-state index in [0.717, 1.165) is 6.42 Å². The van der Waals surface area contributed by atoms with Crippen LogP contribution in [0.3, 0.4) is 0 Å². The van der Waals surface area contributed by atoms with Gasteiger partial charge in [-0.3, -0.25) is 0 Å². The molecule has 0 unspecified atom stereocenters. The van der Waals surface area contributed by atoms with Crippen LogP contribution in [0.25, 0.3) is 0 Å². The van der Waals surface area contributed by atoms with E-state index in [1.54, 1.807) is 0 Å². The molecule has 1 aliphatic rings. The van der Waals surface area contributed by atoms with E-state index in [1.807, 2.05) is 0 Å². The van der Waals surface area contributed by atoms with Crippen LogP contribution in [-0.4, -0.2) is 19.0 Å². The average Bonchev–Trinajstić information content (AvgIpc) is 1.88. The van der Waals surface area contributed by atoms with E-state index in [4.69, 9.17) is 0 Å². The van der Waals surface area contributed by atoms with Gasteiger partial charge in [0.15, 0.2) is 0 Å². The predicted molar refractivity (Wildman–Crippen MR) is 48.0 cm³/mol. The molecule has 1 nitrogen and oxygen atoms in total. The molecule has 0 radical (unpaired) electrons. The number of nitrogens with zero attached hydrogens (tertiary/aromatic N) is 1. The Labute approximate surface area is 70.5 Å². The van der Waals surface area contributed by atoms with Crippen molar-refractivity contribution in [2.24, 2.45) is 0 Å². The highest BCUT2D eigenvalue weighted by Gasteiger charge is 2.06. The second-order valence-electron chi connectivity index (χ2n) is 2.61. The molecule has 0 aromatic rings. The smallest absolute Gasteiger partial charge is 0.0461 e. The fraction of sp³-hybridized carbons (Fsp3) is 0.500. The Morgan fingerprint density at radius 3 is 2.30 bits per heavy atom. The molecular weight excluding hydrogens is 190 g/mol. The molecule has 2 heteroatoms. The van der Waals surface area contributed by atoms with Gasteiger partial charge in [-0.15, -0.1) is 0 Å². The summed E-state index contributed by atoms with van der Waals surface area (Å²) < 4.78 is 1.23. The van der Waals surface area contributed by atoms with Crippen molar-refractivity contribution >= 4 is 15.9 Å². The lowest BCUT2D eigenvalue weighted by molar-refractivity contribution is 0.522. The van der Waals surface area contributed by atoms with Gasteiger partial charge < -0.3 is 4.90 Å². The Morgan fingerprint density at radius 1 is 1.30 bits per heavy atom. The SMILES string of the molecule is CN(C)C1=CCCC=C1Br. The number of halogens is 1. The molecule has 0 aliphatic heterocycles. The monoisotopic (exact) mass is 201 g/mol. The van der Waals surface area contributed by atoms with Crippen molar-refractivity contribution in [3.05, 3.63) is 22.3 Å². The first-order chi connectivity index (χ1) is 4.72. The third kappa shape index (κ3) is 1.63. The fourth-order valence-corrected chi connectivity index (χ4v) is 1.77. The molecule has 0 saturated carbocycles. The van der Waals surface area contributed by atoms with Crippen molar-refractivity contribution in [2.45, 2.75) is 12.8 Å². The molecule has 0 atom stereocenters. The average molecular weight is 202 g/mol. The van der Waals surface area contributed by atoms with E-state index >= 15 is 0 Å². The minimum Gasteiger partial charge on any atom is -0.377 e. The molecule has 0 fully saturated rings. The van der Waals surface area contributed by atoms with Crippen molar-refractivity contribution in [3.63, 3.8) is 0 Å². The third-order valence-corrected chi connectivity index (χ3v) is 2.28. The molecule has 0 heterocycles. The lowest BCUT2D eigenvalue weighted by atomic mass is 10.1. The molecule has 10 heavy (non-hydrogen) atoms. The first kappa shape index (κ1) is 7.86. The van der Waals surface area contributed by atoms with Gasteiger partial charge in [-0.2, -0.15) is 0 Å². The number of hydrogen-bond donors (Lipinski definition) is 0. The third-order valence-electron chi connectivity index (χ3n) is 1.55. The molecule has 0 aromatic carbocycles. The lowest BCUT2D eigenvalue weighted by Crippen LogP contribution is -2.12. The van der Waals surface area contributed by atoms with E-state index in [2.05, 4.69) is 47.1 Å². The maximum atomic E-state index is 3.51. The van der Waals surface area contributed by atoms with Gasteiger partial charge in [0.1, 0.15) is 0 Å². The molecule has 56 valence electrons. The van der Waals surface area contributed by atoms with Crippen LogP contribution in [0.4, 0.5) is 0 Å². The minimum atomic E-state index is 1.16. The summed E-state index contributed by atoms with van der Waals surface area (Å²) in [4.78, 5) is 2.12. The van der Waals surface area contributed by atoms with E-state index in [1.165, 1.54) is 16.6 Å². The van der Waals surface area contributed by atoms with E-state index in [-0.39, 0.29) is 0 Å². The summed E-state index contributed by atoms with van der Waals surface area (Å²) in [5.74, 6) is 0. The summed E-state index contributed by atoms with van der Waals surface area (Å²) >= 11 is 3.51. The van der Waals surface area contributed by atoms with Crippen LogP contribution in [0.1, 0.15) is 12.8 Å². The number of rotatable bonds is 1. The highest BCUT2D eigenvalue weighted by atomic mass is 79.9. The normalized spacial score (nSPS) is 17.9. The highest BCUT2D eigenvalue weighted by Crippen LogP contribution is 2.24. The highest BCUT2D eigenvalue weighted by molar-refractivity contribution is 9.12. The summed E-state index contributed by atoms with van der Waals surface area (Å²) in [7, 11) is 4.12. The molecule has 1 aliphatic carbocycles. The molecular formula is C8H12BrN. The summed E-state index contributed by atoms with van der Waals surface area (Å²) in [5, 5.41) is 0. The Balaban J connectivity index is 2.74. The van der Waals surface area contributed by atoms with Crippen molar-refractivity contribution in [1.82, 2.24) is 4.90 Å². The molecule has 0 amide bonds. The molecule has 0 bridgehead atoms. The summed E-state index contributed by atoms with van der Waals surface area (Å²) in [6.45, 7) is 0. The van der Waals surface area contributed by atoms with Crippen LogP contribution < -0.4 is 0 Å². The molecule has 0 saturated heterocycles. The number of allylic oxidation sites excluding steroid dienone is 3. The number of hydrogen-bond acceptors (Lipinski definition) is 1. The predicted octanol–water partition coefficient (Wildman–Crippen LogP) is 2.50. The van der Waals surface area contributed by atoms with E-state index in [0.29, 0.717) is 0 Å². The van der Waals surface area contributed by atoms with E-state index in [9.17, 15) is 0 Å². The van der Waals surface area contributed by atoms with Gasteiger partial charge in [-0.05, 0) is 28.8 Å². The largest absolute Gasteiger partial charge is 0.377 e. The van der Waals surface area contributed by atoms with Crippen LogP contribution in [0.5, 0.6) is 0 Å². The van der Waals surface area contributed by atoms with Gasteiger partial charge in [-0.25, -0.2) is 0 Å². The second kappa shape index (κ2) is 3.24. The van der Waals surface area contributed by atoms with Crippen LogP contribution in [0, 0.1) is 0 Å².